The highest BCUT2D eigenvalue weighted by molar-refractivity contribution is 5.30. The van der Waals surface area contributed by atoms with Gasteiger partial charge in [0.05, 0.1) is 18.8 Å². The summed E-state index contributed by atoms with van der Waals surface area (Å²) in [6.07, 6.45) is -4.90. The van der Waals surface area contributed by atoms with Gasteiger partial charge in [-0.05, 0) is 18.6 Å². The number of aliphatic hydroxyl groups is 1. The molecule has 0 radical (unpaired) electrons. The lowest BCUT2D eigenvalue weighted by molar-refractivity contribution is -0.159. The highest BCUT2D eigenvalue weighted by atomic mass is 19.4. The van der Waals surface area contributed by atoms with Crippen LogP contribution in [-0.4, -0.2) is 30.2 Å². The number of halogens is 3. The smallest absolute Gasteiger partial charge is 0.394 e. The summed E-state index contributed by atoms with van der Waals surface area (Å²) in [6.45, 7) is 1.55. The zero-order chi connectivity index (χ0) is 14.1. The Morgan fingerprint density at radius 1 is 1.37 bits per heavy atom. The van der Waals surface area contributed by atoms with Gasteiger partial charge in [0, 0.05) is 6.42 Å². The molecule has 0 saturated carbocycles. The van der Waals surface area contributed by atoms with E-state index in [1.807, 2.05) is 0 Å². The minimum atomic E-state index is -4.40. The summed E-state index contributed by atoms with van der Waals surface area (Å²) in [7, 11) is 0. The van der Waals surface area contributed by atoms with Crippen molar-refractivity contribution >= 4 is 0 Å². The summed E-state index contributed by atoms with van der Waals surface area (Å²) in [4.78, 5) is 0. The lowest BCUT2D eigenvalue weighted by Gasteiger charge is -2.25. The normalized spacial score (nSPS) is 27.7. The van der Waals surface area contributed by atoms with Crippen LogP contribution in [0.1, 0.15) is 18.1 Å². The average Bonchev–Trinajstić information content (AvgIpc) is 2.70. The van der Waals surface area contributed by atoms with Crippen molar-refractivity contribution in [1.29, 1.82) is 0 Å². The van der Waals surface area contributed by atoms with E-state index in [-0.39, 0.29) is 25.2 Å². The van der Waals surface area contributed by atoms with Crippen molar-refractivity contribution in [1.82, 2.24) is 0 Å². The van der Waals surface area contributed by atoms with Gasteiger partial charge in [-0.2, -0.15) is 13.2 Å². The van der Waals surface area contributed by atoms with Gasteiger partial charge in [0.15, 0.2) is 5.79 Å². The third kappa shape index (κ3) is 3.26. The number of ether oxygens (including phenoxy) is 2. The first-order valence-electron chi connectivity index (χ1n) is 5.92. The van der Waals surface area contributed by atoms with E-state index in [4.69, 9.17) is 14.6 Å². The van der Waals surface area contributed by atoms with Crippen LogP contribution in [0.15, 0.2) is 24.3 Å². The molecule has 1 aliphatic rings. The number of hydrogen-bond acceptors (Lipinski definition) is 3. The van der Waals surface area contributed by atoms with E-state index in [9.17, 15) is 13.2 Å². The Morgan fingerprint density at radius 2 is 2.05 bits per heavy atom. The first-order chi connectivity index (χ1) is 8.84. The second-order valence-electron chi connectivity index (χ2n) is 4.70. The predicted octanol–water partition coefficient (Wildman–Crippen LogP) is 2.37. The van der Waals surface area contributed by atoms with Gasteiger partial charge in [-0.15, -0.1) is 0 Å². The monoisotopic (exact) mass is 276 g/mol. The average molecular weight is 276 g/mol. The van der Waals surface area contributed by atoms with Crippen molar-refractivity contribution in [3.05, 3.63) is 35.4 Å². The first-order valence-corrected chi connectivity index (χ1v) is 5.92. The minimum Gasteiger partial charge on any atom is -0.394 e. The Labute approximate surface area is 108 Å². The molecule has 2 unspecified atom stereocenters. The van der Waals surface area contributed by atoms with Gasteiger partial charge in [-0.25, -0.2) is 0 Å². The second-order valence-corrected chi connectivity index (χ2v) is 4.70. The topological polar surface area (TPSA) is 38.7 Å². The summed E-state index contributed by atoms with van der Waals surface area (Å²) in [5, 5.41) is 8.96. The molecule has 2 rings (SSSR count). The Balaban J connectivity index is 2.20. The molecule has 0 amide bonds. The molecule has 1 heterocycles. The van der Waals surface area contributed by atoms with E-state index in [1.54, 1.807) is 13.0 Å². The van der Waals surface area contributed by atoms with Crippen LogP contribution in [0.5, 0.6) is 0 Å². The van der Waals surface area contributed by atoms with E-state index in [0.29, 0.717) is 0 Å². The van der Waals surface area contributed by atoms with Crippen molar-refractivity contribution < 1.29 is 27.8 Å². The van der Waals surface area contributed by atoms with Gasteiger partial charge in [0.2, 0.25) is 0 Å². The van der Waals surface area contributed by atoms with Crippen LogP contribution in [0.25, 0.3) is 0 Å². The molecular formula is C13H15F3O3. The maximum absolute atomic E-state index is 12.9. The van der Waals surface area contributed by atoms with E-state index < -0.39 is 23.6 Å². The van der Waals surface area contributed by atoms with Crippen LogP contribution in [0, 0.1) is 0 Å². The highest BCUT2D eigenvalue weighted by Gasteiger charge is 2.40. The van der Waals surface area contributed by atoms with Crippen molar-refractivity contribution in [3.63, 3.8) is 0 Å². The fourth-order valence-electron chi connectivity index (χ4n) is 2.17. The SMILES string of the molecule is CC1(Cc2ccccc2C(F)(F)F)OCC(CO)O1. The summed E-state index contributed by atoms with van der Waals surface area (Å²) < 4.78 is 49.4. The van der Waals surface area contributed by atoms with Crippen LogP contribution in [0.3, 0.4) is 0 Å². The molecule has 1 N–H and O–H groups in total. The van der Waals surface area contributed by atoms with Crippen LogP contribution in [0.2, 0.25) is 0 Å². The largest absolute Gasteiger partial charge is 0.416 e. The van der Waals surface area contributed by atoms with E-state index in [0.717, 1.165) is 6.07 Å². The number of aliphatic hydroxyl groups excluding tert-OH is 1. The molecule has 1 aliphatic heterocycles. The predicted molar refractivity (Wildman–Crippen MR) is 61.5 cm³/mol. The molecule has 1 fully saturated rings. The third-order valence-corrected chi connectivity index (χ3v) is 3.03. The van der Waals surface area contributed by atoms with Crippen molar-refractivity contribution in [2.45, 2.75) is 31.4 Å². The van der Waals surface area contributed by atoms with Crippen molar-refractivity contribution in [2.75, 3.05) is 13.2 Å². The molecule has 2 atom stereocenters. The maximum Gasteiger partial charge on any atom is 0.416 e. The van der Waals surface area contributed by atoms with Gasteiger partial charge in [0.1, 0.15) is 6.10 Å². The molecule has 1 aromatic rings. The van der Waals surface area contributed by atoms with Gasteiger partial charge in [0.25, 0.3) is 0 Å². The molecule has 6 heteroatoms. The number of rotatable bonds is 3. The fraction of sp³-hybridized carbons (Fsp3) is 0.538. The quantitative estimate of drug-likeness (QED) is 0.921. The van der Waals surface area contributed by atoms with E-state index in [2.05, 4.69) is 0 Å². The molecule has 0 bridgehead atoms. The molecule has 19 heavy (non-hydrogen) atoms. The molecule has 0 spiro atoms. The van der Waals surface area contributed by atoms with Gasteiger partial charge >= 0.3 is 6.18 Å². The van der Waals surface area contributed by atoms with Crippen LogP contribution < -0.4 is 0 Å². The standard InChI is InChI=1S/C13H15F3O3/c1-12(18-8-10(7-17)19-12)6-9-4-2-3-5-11(9)13(14,15)16/h2-5,10,17H,6-8H2,1H3. The first kappa shape index (κ1) is 14.3. The van der Waals surface area contributed by atoms with E-state index in [1.165, 1.54) is 12.1 Å². The summed E-state index contributed by atoms with van der Waals surface area (Å²) in [5.74, 6) is -1.13. The summed E-state index contributed by atoms with van der Waals surface area (Å²) in [6, 6.07) is 5.35. The van der Waals surface area contributed by atoms with Crippen molar-refractivity contribution in [3.8, 4) is 0 Å². The molecule has 1 saturated heterocycles. The minimum absolute atomic E-state index is 0.0147. The molecule has 106 valence electrons. The van der Waals surface area contributed by atoms with Gasteiger partial charge < -0.3 is 14.6 Å². The second kappa shape index (κ2) is 5.11. The zero-order valence-electron chi connectivity index (χ0n) is 10.4. The summed E-state index contributed by atoms with van der Waals surface area (Å²) >= 11 is 0. The zero-order valence-corrected chi connectivity index (χ0v) is 10.4. The molecule has 3 nitrogen and oxygen atoms in total. The third-order valence-electron chi connectivity index (χ3n) is 3.03. The Kier molecular flexibility index (Phi) is 3.85. The van der Waals surface area contributed by atoms with Crippen LogP contribution in [0.4, 0.5) is 13.2 Å². The number of alkyl halides is 3. The molecular weight excluding hydrogens is 261 g/mol. The molecule has 0 aromatic heterocycles. The van der Waals surface area contributed by atoms with Crippen LogP contribution >= 0.6 is 0 Å². The number of benzene rings is 1. The van der Waals surface area contributed by atoms with E-state index >= 15 is 0 Å². The lowest BCUT2D eigenvalue weighted by atomic mass is 10.00. The molecule has 0 aliphatic carbocycles. The van der Waals surface area contributed by atoms with Crippen molar-refractivity contribution in [2.24, 2.45) is 0 Å². The molecule has 1 aromatic carbocycles. The lowest BCUT2D eigenvalue weighted by Crippen LogP contribution is -2.31. The van der Waals surface area contributed by atoms with Crippen LogP contribution in [-0.2, 0) is 22.1 Å². The fourth-order valence-corrected chi connectivity index (χ4v) is 2.17. The number of hydrogen-bond donors (Lipinski definition) is 1. The van der Waals surface area contributed by atoms with Gasteiger partial charge in [-0.3, -0.25) is 0 Å². The summed E-state index contributed by atoms with van der Waals surface area (Å²) in [5.41, 5.74) is -0.563. The Hall–Kier alpha value is -1.11. The Bertz CT molecular complexity index is 447. The Morgan fingerprint density at radius 3 is 2.63 bits per heavy atom. The highest BCUT2D eigenvalue weighted by Crippen LogP contribution is 2.35. The van der Waals surface area contributed by atoms with Gasteiger partial charge in [-0.1, -0.05) is 18.2 Å². The maximum atomic E-state index is 12.9.